The summed E-state index contributed by atoms with van der Waals surface area (Å²) < 4.78 is 32.3. The number of ether oxygens (including phenoxy) is 1. The molecule has 27 heavy (non-hydrogen) atoms. The first-order valence-corrected chi connectivity index (χ1v) is 10.5. The number of hydrogen-bond donors (Lipinski definition) is 1. The summed E-state index contributed by atoms with van der Waals surface area (Å²) in [5.41, 5.74) is -1.01. The fourth-order valence-electron chi connectivity index (χ4n) is 3.31. The standard InChI is InChI=1S/C19H27N3O4S/c1-19(13-20,14-26-3)21-18(23)15-8-7-11-17(12-15)27(24,25)22(2)16-9-5-4-6-10-16/h7-8,11-12,16H,4-6,9-10,14H2,1-3H3,(H,21,23)/t19-/m0/s1. The molecular weight excluding hydrogens is 366 g/mol. The smallest absolute Gasteiger partial charge is 0.252 e. The summed E-state index contributed by atoms with van der Waals surface area (Å²) in [6, 6.07) is 7.90. The van der Waals surface area contributed by atoms with E-state index in [2.05, 4.69) is 5.32 Å². The largest absolute Gasteiger partial charge is 0.381 e. The molecular formula is C19H27N3O4S. The predicted octanol–water partition coefficient (Wildman–Crippen LogP) is 2.30. The van der Waals surface area contributed by atoms with Crippen LogP contribution in [-0.4, -0.2) is 51.0 Å². The monoisotopic (exact) mass is 393 g/mol. The molecule has 0 aromatic heterocycles. The minimum atomic E-state index is -3.69. The van der Waals surface area contributed by atoms with Gasteiger partial charge in [0.15, 0.2) is 0 Å². The van der Waals surface area contributed by atoms with Crippen LogP contribution < -0.4 is 5.32 Å². The predicted molar refractivity (Wildman–Crippen MR) is 102 cm³/mol. The molecule has 0 radical (unpaired) electrons. The molecule has 2 rings (SSSR count). The molecule has 0 bridgehead atoms. The van der Waals surface area contributed by atoms with Crippen molar-refractivity contribution >= 4 is 15.9 Å². The SMILES string of the molecule is COC[C@](C)(C#N)NC(=O)c1cccc(S(=O)(=O)N(C)C2CCCCC2)c1. The summed E-state index contributed by atoms with van der Waals surface area (Å²) >= 11 is 0. The Hall–Kier alpha value is -1.95. The molecule has 1 aromatic rings. The summed E-state index contributed by atoms with van der Waals surface area (Å²) in [6.45, 7) is 1.57. The normalized spacial score (nSPS) is 17.9. The molecule has 0 heterocycles. The van der Waals surface area contributed by atoms with Crippen LogP contribution in [0.2, 0.25) is 0 Å². The minimum absolute atomic E-state index is 0.00943. The molecule has 1 atom stereocenters. The van der Waals surface area contributed by atoms with Crippen molar-refractivity contribution in [2.45, 2.75) is 55.5 Å². The van der Waals surface area contributed by atoms with Gasteiger partial charge in [-0.2, -0.15) is 9.57 Å². The van der Waals surface area contributed by atoms with Crippen LogP contribution in [0.5, 0.6) is 0 Å². The number of amides is 1. The van der Waals surface area contributed by atoms with Crippen LogP contribution in [0.4, 0.5) is 0 Å². The quantitative estimate of drug-likeness (QED) is 0.766. The van der Waals surface area contributed by atoms with Gasteiger partial charge in [-0.25, -0.2) is 8.42 Å². The van der Waals surface area contributed by atoms with Crippen molar-refractivity contribution in [2.24, 2.45) is 0 Å². The Balaban J connectivity index is 2.23. The van der Waals surface area contributed by atoms with E-state index in [0.717, 1.165) is 32.1 Å². The van der Waals surface area contributed by atoms with Crippen LogP contribution in [-0.2, 0) is 14.8 Å². The van der Waals surface area contributed by atoms with Crippen molar-refractivity contribution in [3.63, 3.8) is 0 Å². The maximum absolute atomic E-state index is 13.0. The zero-order valence-corrected chi connectivity index (χ0v) is 16.9. The number of sulfonamides is 1. The van der Waals surface area contributed by atoms with Gasteiger partial charge in [-0.05, 0) is 38.0 Å². The number of hydrogen-bond acceptors (Lipinski definition) is 5. The molecule has 8 heteroatoms. The summed E-state index contributed by atoms with van der Waals surface area (Å²) in [5, 5.41) is 11.9. The number of methoxy groups -OCH3 is 1. The molecule has 1 aliphatic carbocycles. The van der Waals surface area contributed by atoms with Crippen molar-refractivity contribution < 1.29 is 17.9 Å². The fourth-order valence-corrected chi connectivity index (χ4v) is 4.77. The van der Waals surface area contributed by atoms with Crippen molar-refractivity contribution in [1.82, 2.24) is 9.62 Å². The van der Waals surface area contributed by atoms with Crippen molar-refractivity contribution in [2.75, 3.05) is 20.8 Å². The van der Waals surface area contributed by atoms with Gasteiger partial charge in [0.05, 0.1) is 17.6 Å². The Labute approximate surface area is 161 Å². The van der Waals surface area contributed by atoms with E-state index in [1.807, 2.05) is 6.07 Å². The molecule has 0 spiro atoms. The first kappa shape index (κ1) is 21.4. The molecule has 148 valence electrons. The van der Waals surface area contributed by atoms with E-state index in [0.29, 0.717) is 0 Å². The lowest BCUT2D eigenvalue weighted by molar-refractivity contribution is 0.0860. The molecule has 1 amide bonds. The van der Waals surface area contributed by atoms with Gasteiger partial charge in [-0.3, -0.25) is 4.79 Å². The first-order chi connectivity index (χ1) is 12.7. The van der Waals surface area contributed by atoms with Crippen LogP contribution in [0, 0.1) is 11.3 Å². The number of nitrogens with one attached hydrogen (secondary N) is 1. The Kier molecular flexibility index (Phi) is 6.98. The van der Waals surface area contributed by atoms with Gasteiger partial charge in [0, 0.05) is 25.8 Å². The van der Waals surface area contributed by atoms with Crippen molar-refractivity contribution in [1.29, 1.82) is 5.26 Å². The van der Waals surface area contributed by atoms with Crippen LogP contribution in [0.1, 0.15) is 49.4 Å². The van der Waals surface area contributed by atoms with Gasteiger partial charge in [0.2, 0.25) is 10.0 Å². The summed E-state index contributed by atoms with van der Waals surface area (Å²) in [4.78, 5) is 12.6. The molecule has 1 aliphatic rings. The topological polar surface area (TPSA) is 99.5 Å². The summed E-state index contributed by atoms with van der Waals surface area (Å²) in [7, 11) is -0.649. The van der Waals surface area contributed by atoms with Crippen molar-refractivity contribution in [3.05, 3.63) is 29.8 Å². The third-order valence-corrected chi connectivity index (χ3v) is 6.84. The molecule has 0 unspecified atom stereocenters. The highest BCUT2D eigenvalue weighted by molar-refractivity contribution is 7.89. The Morgan fingerprint density at radius 3 is 2.63 bits per heavy atom. The second kappa shape index (κ2) is 8.83. The summed E-state index contributed by atoms with van der Waals surface area (Å²) in [6.07, 6.45) is 4.90. The van der Waals surface area contributed by atoms with E-state index in [1.54, 1.807) is 14.0 Å². The Morgan fingerprint density at radius 2 is 2.04 bits per heavy atom. The van der Waals surface area contributed by atoms with Gasteiger partial charge in [0.1, 0.15) is 5.54 Å². The number of carbonyl (C=O) groups excluding carboxylic acids is 1. The number of nitriles is 1. The number of nitrogens with zero attached hydrogens (tertiary/aromatic N) is 2. The lowest BCUT2D eigenvalue weighted by Crippen LogP contribution is -2.48. The first-order valence-electron chi connectivity index (χ1n) is 9.04. The lowest BCUT2D eigenvalue weighted by Gasteiger charge is -2.30. The van der Waals surface area contributed by atoms with Gasteiger partial charge in [0.25, 0.3) is 5.91 Å². The maximum atomic E-state index is 13.0. The molecule has 1 aromatic carbocycles. The third kappa shape index (κ3) is 5.06. The van der Waals surface area contributed by atoms with Gasteiger partial charge in [-0.1, -0.05) is 25.3 Å². The van der Waals surface area contributed by atoms with E-state index < -0.39 is 21.5 Å². The minimum Gasteiger partial charge on any atom is -0.381 e. The van der Waals surface area contributed by atoms with Gasteiger partial charge >= 0.3 is 0 Å². The van der Waals surface area contributed by atoms with Crippen molar-refractivity contribution in [3.8, 4) is 6.07 Å². The second-order valence-corrected chi connectivity index (χ2v) is 9.17. The molecule has 1 fully saturated rings. The van der Waals surface area contributed by atoms with Crippen LogP contribution in [0.3, 0.4) is 0 Å². The van der Waals surface area contributed by atoms with E-state index >= 15 is 0 Å². The van der Waals surface area contributed by atoms with E-state index in [1.165, 1.54) is 35.7 Å². The molecule has 1 saturated carbocycles. The number of carbonyl (C=O) groups is 1. The zero-order chi connectivity index (χ0) is 20.1. The molecule has 0 saturated heterocycles. The average molecular weight is 394 g/mol. The van der Waals surface area contributed by atoms with E-state index in [9.17, 15) is 18.5 Å². The number of rotatable bonds is 7. The lowest BCUT2D eigenvalue weighted by atomic mass is 9.96. The third-order valence-electron chi connectivity index (χ3n) is 4.93. The van der Waals surface area contributed by atoms with Gasteiger partial charge < -0.3 is 10.1 Å². The Morgan fingerprint density at radius 1 is 1.37 bits per heavy atom. The Bertz CT molecular complexity index is 812. The fraction of sp³-hybridized carbons (Fsp3) is 0.579. The molecule has 1 N–H and O–H groups in total. The zero-order valence-electron chi connectivity index (χ0n) is 16.1. The van der Waals surface area contributed by atoms with Crippen LogP contribution >= 0.6 is 0 Å². The van der Waals surface area contributed by atoms with E-state index in [4.69, 9.17) is 4.74 Å². The molecule has 0 aliphatic heterocycles. The van der Waals surface area contributed by atoms with Crippen LogP contribution in [0.15, 0.2) is 29.2 Å². The van der Waals surface area contributed by atoms with Gasteiger partial charge in [-0.15, -0.1) is 0 Å². The summed E-state index contributed by atoms with van der Waals surface area (Å²) in [5.74, 6) is -0.520. The number of benzene rings is 1. The highest BCUT2D eigenvalue weighted by Crippen LogP contribution is 2.26. The average Bonchev–Trinajstić information content (AvgIpc) is 2.68. The molecule has 7 nitrogen and oxygen atoms in total. The maximum Gasteiger partial charge on any atom is 0.252 e. The van der Waals surface area contributed by atoms with E-state index in [-0.39, 0.29) is 23.1 Å². The highest BCUT2D eigenvalue weighted by atomic mass is 32.2. The van der Waals surface area contributed by atoms with Crippen LogP contribution in [0.25, 0.3) is 0 Å². The second-order valence-electron chi connectivity index (χ2n) is 7.17. The highest BCUT2D eigenvalue weighted by Gasteiger charge is 2.30.